The van der Waals surface area contributed by atoms with Crippen molar-refractivity contribution in [3.05, 3.63) is 53.1 Å². The van der Waals surface area contributed by atoms with Crippen LogP contribution in [0, 0.1) is 10.7 Å². The summed E-state index contributed by atoms with van der Waals surface area (Å²) in [6.07, 6.45) is 1.75. The van der Waals surface area contributed by atoms with Crippen LogP contribution in [-0.2, 0) is 6.54 Å². The van der Waals surface area contributed by atoms with Crippen molar-refractivity contribution in [2.75, 3.05) is 7.11 Å². The van der Waals surface area contributed by atoms with Gasteiger partial charge in [0.1, 0.15) is 5.75 Å². The molecule has 0 aliphatic carbocycles. The van der Waals surface area contributed by atoms with Crippen molar-refractivity contribution in [2.24, 2.45) is 5.92 Å². The first-order valence-electron chi connectivity index (χ1n) is 7.68. The normalized spacial score (nSPS) is 12.0. The van der Waals surface area contributed by atoms with Crippen molar-refractivity contribution in [3.63, 3.8) is 0 Å². The second-order valence-electron chi connectivity index (χ2n) is 5.71. The van der Waals surface area contributed by atoms with Crippen LogP contribution in [0.3, 0.4) is 0 Å². The Morgan fingerprint density at radius 1 is 1.46 bits per heavy atom. The van der Waals surface area contributed by atoms with Gasteiger partial charge in [0.15, 0.2) is 10.6 Å². The Balaban J connectivity index is 2.26. The minimum atomic E-state index is -0.271. The fourth-order valence-corrected chi connectivity index (χ4v) is 2.58. The van der Waals surface area contributed by atoms with Crippen LogP contribution in [-0.4, -0.2) is 27.8 Å². The van der Waals surface area contributed by atoms with E-state index in [2.05, 4.69) is 22.1 Å². The summed E-state index contributed by atoms with van der Waals surface area (Å²) in [5.41, 5.74) is 0.561. The van der Waals surface area contributed by atoms with Gasteiger partial charge < -0.3 is 10.1 Å². The van der Waals surface area contributed by atoms with E-state index >= 15 is 0 Å². The van der Waals surface area contributed by atoms with Crippen molar-refractivity contribution in [2.45, 2.75) is 26.4 Å². The number of rotatable bonds is 7. The molecule has 1 aromatic carbocycles. The molecule has 0 saturated heterocycles. The lowest BCUT2D eigenvalue weighted by atomic mass is 10.0. The summed E-state index contributed by atoms with van der Waals surface area (Å²) < 4.78 is 7.46. The Morgan fingerprint density at radius 3 is 2.67 bits per heavy atom. The number of carbonyl (C=O) groups is 1. The zero-order valence-electron chi connectivity index (χ0n) is 14.1. The first kappa shape index (κ1) is 17.9. The number of amides is 1. The standard InChI is InChI=1S/C17H22N4O2S/c1-5-10-21-15(19-20-17(21)24)14(11(2)3)18-16(22)12-6-8-13(23-4)9-7-12/h5-9,11,14H,1,10H2,2-4H3,(H,18,22)(H,20,24)/t14-/m1/s1. The van der Waals surface area contributed by atoms with Crippen molar-refractivity contribution in [3.8, 4) is 5.75 Å². The van der Waals surface area contributed by atoms with Crippen molar-refractivity contribution in [1.82, 2.24) is 20.1 Å². The van der Waals surface area contributed by atoms with E-state index in [4.69, 9.17) is 17.0 Å². The summed E-state index contributed by atoms with van der Waals surface area (Å²) in [5, 5.41) is 10.1. The zero-order chi connectivity index (χ0) is 17.7. The molecule has 0 aliphatic rings. The topological polar surface area (TPSA) is 71.9 Å². The van der Waals surface area contributed by atoms with Gasteiger partial charge in [0.2, 0.25) is 0 Å². The molecular weight excluding hydrogens is 324 g/mol. The molecular formula is C17H22N4O2S. The van der Waals surface area contributed by atoms with E-state index in [-0.39, 0.29) is 17.9 Å². The van der Waals surface area contributed by atoms with Crippen LogP contribution < -0.4 is 10.1 Å². The molecule has 0 radical (unpaired) electrons. The molecule has 0 fully saturated rings. The third-order valence-electron chi connectivity index (χ3n) is 3.68. The minimum absolute atomic E-state index is 0.140. The highest BCUT2D eigenvalue weighted by atomic mass is 32.1. The van der Waals surface area contributed by atoms with Gasteiger partial charge in [-0.15, -0.1) is 6.58 Å². The zero-order valence-corrected chi connectivity index (χ0v) is 14.9. The Kier molecular flexibility index (Phi) is 5.92. The average Bonchev–Trinajstić information content (AvgIpc) is 2.93. The number of aromatic nitrogens is 3. The SMILES string of the molecule is C=CCn1c([C@H](NC(=O)c2ccc(OC)cc2)C(C)C)n[nH]c1=S. The Labute approximate surface area is 146 Å². The second kappa shape index (κ2) is 7.92. The second-order valence-corrected chi connectivity index (χ2v) is 6.10. The molecule has 1 aromatic heterocycles. The van der Waals surface area contributed by atoms with E-state index in [1.165, 1.54) is 0 Å². The highest BCUT2D eigenvalue weighted by Gasteiger charge is 2.24. The van der Waals surface area contributed by atoms with Gasteiger partial charge in [-0.3, -0.25) is 14.5 Å². The number of methoxy groups -OCH3 is 1. The molecule has 128 valence electrons. The summed E-state index contributed by atoms with van der Waals surface area (Å²) in [5.74, 6) is 1.37. The van der Waals surface area contributed by atoms with Crippen LogP contribution in [0.25, 0.3) is 0 Å². The lowest BCUT2D eigenvalue weighted by molar-refractivity contribution is 0.0922. The number of ether oxygens (including phenoxy) is 1. The van der Waals surface area contributed by atoms with Crippen molar-refractivity contribution < 1.29 is 9.53 Å². The van der Waals surface area contributed by atoms with Gasteiger partial charge in [0.25, 0.3) is 5.91 Å². The number of aromatic amines is 1. The molecule has 0 aliphatic heterocycles. The van der Waals surface area contributed by atoms with Gasteiger partial charge in [-0.1, -0.05) is 19.9 Å². The predicted molar refractivity (Wildman–Crippen MR) is 95.6 cm³/mol. The Bertz CT molecular complexity index is 762. The average molecular weight is 346 g/mol. The van der Waals surface area contributed by atoms with E-state index < -0.39 is 0 Å². The van der Waals surface area contributed by atoms with E-state index in [1.54, 1.807) is 37.5 Å². The third kappa shape index (κ3) is 3.91. The van der Waals surface area contributed by atoms with Crippen LogP contribution in [0.4, 0.5) is 0 Å². The first-order valence-corrected chi connectivity index (χ1v) is 8.09. The minimum Gasteiger partial charge on any atom is -0.497 e. The van der Waals surface area contributed by atoms with Gasteiger partial charge in [0.05, 0.1) is 13.2 Å². The number of nitrogens with zero attached hydrogens (tertiary/aromatic N) is 2. The molecule has 1 amide bonds. The van der Waals surface area contributed by atoms with Crippen LogP contribution in [0.5, 0.6) is 5.75 Å². The lowest BCUT2D eigenvalue weighted by Gasteiger charge is -2.22. The number of nitrogens with one attached hydrogen (secondary N) is 2. The van der Waals surface area contributed by atoms with E-state index in [9.17, 15) is 4.79 Å². The van der Waals surface area contributed by atoms with Crippen LogP contribution in [0.1, 0.15) is 36.1 Å². The van der Waals surface area contributed by atoms with E-state index in [0.29, 0.717) is 28.5 Å². The van der Waals surface area contributed by atoms with Crippen molar-refractivity contribution >= 4 is 18.1 Å². The number of benzene rings is 1. The number of hydrogen-bond donors (Lipinski definition) is 2. The summed E-state index contributed by atoms with van der Waals surface area (Å²) in [4.78, 5) is 12.6. The van der Waals surface area contributed by atoms with Crippen LogP contribution in [0.2, 0.25) is 0 Å². The predicted octanol–water partition coefficient (Wildman–Crippen LogP) is 3.26. The molecule has 0 spiro atoms. The number of H-pyrrole nitrogens is 1. The molecule has 1 heterocycles. The highest BCUT2D eigenvalue weighted by molar-refractivity contribution is 7.71. The lowest BCUT2D eigenvalue weighted by Crippen LogP contribution is -2.33. The monoisotopic (exact) mass is 346 g/mol. The van der Waals surface area contributed by atoms with Gasteiger partial charge >= 0.3 is 0 Å². The maximum Gasteiger partial charge on any atom is 0.251 e. The maximum atomic E-state index is 12.6. The molecule has 0 saturated carbocycles. The molecule has 2 aromatic rings. The summed E-state index contributed by atoms with van der Waals surface area (Å²) >= 11 is 5.25. The molecule has 6 nitrogen and oxygen atoms in total. The van der Waals surface area contributed by atoms with Gasteiger partial charge in [0, 0.05) is 12.1 Å². The van der Waals surface area contributed by atoms with Gasteiger partial charge in [-0.05, 0) is 42.4 Å². The molecule has 24 heavy (non-hydrogen) atoms. The number of allylic oxidation sites excluding steroid dienone is 1. The summed E-state index contributed by atoms with van der Waals surface area (Å²) in [7, 11) is 1.59. The molecule has 2 rings (SSSR count). The largest absolute Gasteiger partial charge is 0.497 e. The Hall–Kier alpha value is -2.41. The number of carbonyl (C=O) groups excluding carboxylic acids is 1. The summed E-state index contributed by atoms with van der Waals surface area (Å²) in [6.45, 7) is 8.32. The fourth-order valence-electron chi connectivity index (χ4n) is 2.37. The molecule has 7 heteroatoms. The van der Waals surface area contributed by atoms with Gasteiger partial charge in [-0.25, -0.2) is 0 Å². The van der Waals surface area contributed by atoms with Gasteiger partial charge in [-0.2, -0.15) is 5.10 Å². The number of hydrogen-bond acceptors (Lipinski definition) is 4. The molecule has 0 bridgehead atoms. The first-order chi connectivity index (χ1) is 11.5. The highest BCUT2D eigenvalue weighted by Crippen LogP contribution is 2.21. The van der Waals surface area contributed by atoms with Crippen molar-refractivity contribution in [1.29, 1.82) is 0 Å². The third-order valence-corrected chi connectivity index (χ3v) is 3.99. The smallest absolute Gasteiger partial charge is 0.251 e. The molecule has 1 atom stereocenters. The van der Waals surface area contributed by atoms with E-state index in [0.717, 1.165) is 0 Å². The van der Waals surface area contributed by atoms with E-state index in [1.807, 2.05) is 18.4 Å². The van der Waals surface area contributed by atoms with Crippen LogP contribution in [0.15, 0.2) is 36.9 Å². The fraction of sp³-hybridized carbons (Fsp3) is 0.353. The maximum absolute atomic E-state index is 12.6. The van der Waals surface area contributed by atoms with Crippen LogP contribution >= 0.6 is 12.2 Å². The summed E-state index contributed by atoms with van der Waals surface area (Å²) in [6, 6.07) is 6.70. The molecule has 0 unspecified atom stereocenters. The Morgan fingerprint density at radius 2 is 2.12 bits per heavy atom. The quantitative estimate of drug-likeness (QED) is 0.596. The molecule has 2 N–H and O–H groups in total.